The first-order valence-corrected chi connectivity index (χ1v) is 34.5. The summed E-state index contributed by atoms with van der Waals surface area (Å²) in [6.45, 7) is 5.94. The lowest BCUT2D eigenvalue weighted by Crippen LogP contribution is -2.43. The normalized spacial score (nSPS) is 10.7. The molecule has 0 aliphatic heterocycles. The number of unbranched alkanes of at least 4 members (excludes halogenated alkanes) is 16. The highest BCUT2D eigenvalue weighted by molar-refractivity contribution is 5.79. The molecule has 0 aliphatic rings. The summed E-state index contributed by atoms with van der Waals surface area (Å²) in [6, 6.07) is 0. The van der Waals surface area contributed by atoms with E-state index in [1.165, 1.54) is 16.9 Å². The van der Waals surface area contributed by atoms with Crippen LogP contribution in [0.2, 0.25) is 0 Å². The topological polar surface area (TPSA) is 462 Å². The van der Waals surface area contributed by atoms with Crippen LogP contribution in [0.1, 0.15) is 205 Å². The van der Waals surface area contributed by atoms with Crippen molar-refractivity contribution in [3.8, 4) is 0 Å². The van der Waals surface area contributed by atoms with Gasteiger partial charge in [-0.2, -0.15) is 0 Å². The maximum absolute atomic E-state index is 12.6. The number of carbonyl (C=O) groups is 10. The molecule has 0 unspecified atom stereocenters. The van der Waals surface area contributed by atoms with Gasteiger partial charge >= 0.3 is 12.2 Å². The average Bonchev–Trinajstić information content (AvgIpc) is 3.61. The molecular formula is C63H124N14O18. The number of amides is 10. The molecule has 0 fully saturated rings. The summed E-state index contributed by atoms with van der Waals surface area (Å²) >= 11 is 0. The van der Waals surface area contributed by atoms with Crippen molar-refractivity contribution in [2.24, 2.45) is 23.6 Å². The zero-order valence-corrected chi connectivity index (χ0v) is 57.4. The second-order valence-electron chi connectivity index (χ2n) is 22.7. The molecule has 0 saturated heterocycles. The molecule has 0 radical (unpaired) electrons. The van der Waals surface area contributed by atoms with Crippen LogP contribution >= 0.6 is 0 Å². The number of aliphatic hydroxyl groups excluding tert-OH is 1. The van der Waals surface area contributed by atoms with Crippen molar-refractivity contribution in [1.29, 1.82) is 0 Å². The van der Waals surface area contributed by atoms with E-state index >= 15 is 0 Å². The van der Waals surface area contributed by atoms with E-state index in [0.717, 1.165) is 128 Å². The zero-order chi connectivity index (χ0) is 70.3. The van der Waals surface area contributed by atoms with E-state index in [-0.39, 0.29) is 126 Å². The number of nitrogens with zero attached hydrogens (tertiary/aromatic N) is 2. The first-order valence-electron chi connectivity index (χ1n) is 34.5. The monoisotopic (exact) mass is 1360 g/mol. The lowest BCUT2D eigenvalue weighted by Gasteiger charge is -2.22. The fourth-order valence-electron chi connectivity index (χ4n) is 9.00. The number of aliphatic hydroxyl groups is 1. The molecule has 0 atom stereocenters. The van der Waals surface area contributed by atoms with Gasteiger partial charge in [0, 0.05) is 137 Å². The quantitative estimate of drug-likeness (QED) is 0.0307. The van der Waals surface area contributed by atoms with Crippen LogP contribution < -0.4 is 66.1 Å². The van der Waals surface area contributed by atoms with Crippen LogP contribution in [0, 0.1) is 0 Å². The fraction of sp³-hybridized carbons (Fsp3) is 0.841. The Kier molecular flexibility index (Phi) is 67.7. The van der Waals surface area contributed by atoms with Crippen molar-refractivity contribution in [2.45, 2.75) is 205 Å². The summed E-state index contributed by atoms with van der Waals surface area (Å²) in [5.41, 5.74) is 0. The van der Waals surface area contributed by atoms with E-state index in [1.54, 1.807) is 0 Å². The van der Waals surface area contributed by atoms with Gasteiger partial charge in [0.25, 0.3) is 0 Å². The SMILES string of the molecule is COCCOC(=O)N(CCNC(=O)CCCCCNC(=O)CCCCCON)CCNC(=O)CCCCCNC(=O)CCCCCON.NOCCCCCC(=O)NCCCCCC(=O)NCCN(CCNC(=O)CCCCCNC(=O)CCCCCON)C(=O)OCCO. The number of carbonyl (C=O) groups excluding carboxylic acids is 10. The molecular weight excluding hydrogens is 1240 g/mol. The molecule has 32 nitrogen and oxygen atoms in total. The Morgan fingerprint density at radius 2 is 0.484 bits per heavy atom. The van der Waals surface area contributed by atoms with Gasteiger partial charge in [0.2, 0.25) is 47.3 Å². The van der Waals surface area contributed by atoms with Crippen LogP contribution in [0.15, 0.2) is 0 Å². The third-order valence-corrected chi connectivity index (χ3v) is 14.4. The highest BCUT2D eigenvalue weighted by Crippen LogP contribution is 2.07. The zero-order valence-electron chi connectivity index (χ0n) is 57.4. The Bertz CT molecular complexity index is 1840. The summed E-state index contributed by atoms with van der Waals surface area (Å²) in [5.74, 6) is 19.5. The standard InChI is InChI=1S/C32H63N7O9.C31H61N7O9/c1-45-26-27-46-32(44)39(22-20-37-30(42)14-6-2-10-18-35-28(40)16-8-4-12-24-47-33)23-21-38-31(43)15-7-3-11-19-36-29(41)17-9-5-13-25-48-34;32-46-24-11-3-7-15-27(40)34-17-9-1-5-13-29(42)36-19-21-38(31(44)45-26-23-39)22-20-37-30(43)14-6-2-10-18-35-28(41)16-8-4-12-25-47-33/h2-27,33-34H2,1H3,(H,35,40)(H,36,41)(H,37,42)(H,38,43);39H,1-26,32-33H2,(H,34,40)(H,35,41)(H,36,42)(H,37,43). The largest absolute Gasteiger partial charge is 0.447 e. The van der Waals surface area contributed by atoms with E-state index in [4.69, 9.17) is 42.9 Å². The molecule has 0 heterocycles. The fourth-order valence-corrected chi connectivity index (χ4v) is 9.00. The van der Waals surface area contributed by atoms with Crippen molar-refractivity contribution in [3.63, 3.8) is 0 Å². The highest BCUT2D eigenvalue weighted by atomic mass is 16.6. The Hall–Kier alpha value is -6.10. The Morgan fingerprint density at radius 1 is 0.274 bits per heavy atom. The van der Waals surface area contributed by atoms with Crippen LogP contribution in [0.4, 0.5) is 9.59 Å². The number of nitrogens with one attached hydrogen (secondary N) is 8. The number of nitrogens with two attached hydrogens (primary N) is 4. The van der Waals surface area contributed by atoms with Crippen molar-refractivity contribution in [3.05, 3.63) is 0 Å². The summed E-state index contributed by atoms with van der Waals surface area (Å²) in [5, 5.41) is 31.8. The van der Waals surface area contributed by atoms with Gasteiger partial charge in [-0.05, 0) is 103 Å². The van der Waals surface area contributed by atoms with E-state index in [0.29, 0.717) is 130 Å². The van der Waals surface area contributed by atoms with Crippen LogP contribution in [-0.2, 0) is 71.9 Å². The van der Waals surface area contributed by atoms with Gasteiger partial charge in [-0.15, -0.1) is 0 Å². The van der Waals surface area contributed by atoms with Gasteiger partial charge in [0.05, 0.1) is 39.6 Å². The summed E-state index contributed by atoms with van der Waals surface area (Å²) in [6.07, 6.45) is 21.2. The Morgan fingerprint density at radius 3 is 0.695 bits per heavy atom. The van der Waals surface area contributed by atoms with Gasteiger partial charge in [-0.25, -0.2) is 33.2 Å². The predicted molar refractivity (Wildman–Crippen MR) is 357 cm³/mol. The Labute approximate surface area is 564 Å². The van der Waals surface area contributed by atoms with Gasteiger partial charge < -0.3 is 91.0 Å². The molecule has 10 amide bonds. The van der Waals surface area contributed by atoms with E-state index in [1.807, 2.05) is 0 Å². The molecule has 0 aromatic carbocycles. The molecule has 0 aromatic heterocycles. The molecule has 17 N–H and O–H groups in total. The predicted octanol–water partition coefficient (Wildman–Crippen LogP) is 2.46. The molecule has 0 saturated carbocycles. The van der Waals surface area contributed by atoms with E-state index < -0.39 is 12.2 Å². The first-order chi connectivity index (χ1) is 46.2. The third-order valence-electron chi connectivity index (χ3n) is 14.4. The van der Waals surface area contributed by atoms with Crippen molar-refractivity contribution in [2.75, 3.05) is 139 Å². The van der Waals surface area contributed by atoms with Crippen molar-refractivity contribution >= 4 is 59.4 Å². The Balaban J connectivity index is 0. The summed E-state index contributed by atoms with van der Waals surface area (Å²) in [4.78, 5) is 142. The molecule has 0 aliphatic carbocycles. The molecule has 32 heteroatoms. The van der Waals surface area contributed by atoms with Gasteiger partial charge in [0.1, 0.15) is 13.2 Å². The minimum atomic E-state index is -0.638. The smallest absolute Gasteiger partial charge is 0.409 e. The van der Waals surface area contributed by atoms with Crippen LogP contribution in [-0.4, -0.2) is 213 Å². The van der Waals surface area contributed by atoms with Gasteiger partial charge in [-0.3, -0.25) is 38.4 Å². The third kappa shape index (κ3) is 66.3. The molecule has 95 heavy (non-hydrogen) atoms. The van der Waals surface area contributed by atoms with E-state index in [9.17, 15) is 47.9 Å². The molecule has 0 rings (SSSR count). The average molecular weight is 1370 g/mol. The van der Waals surface area contributed by atoms with Crippen molar-refractivity contribution in [1.82, 2.24) is 52.3 Å². The molecule has 0 bridgehead atoms. The molecule has 0 spiro atoms. The maximum atomic E-state index is 12.6. The molecule has 554 valence electrons. The minimum absolute atomic E-state index is 0.0186. The lowest BCUT2D eigenvalue weighted by atomic mass is 10.1. The number of rotatable bonds is 65. The summed E-state index contributed by atoms with van der Waals surface area (Å²) in [7, 11) is 1.51. The lowest BCUT2D eigenvalue weighted by molar-refractivity contribution is -0.122. The van der Waals surface area contributed by atoms with Gasteiger partial charge in [-0.1, -0.05) is 51.4 Å². The van der Waals surface area contributed by atoms with Gasteiger partial charge in [0.15, 0.2) is 0 Å². The van der Waals surface area contributed by atoms with E-state index in [2.05, 4.69) is 61.9 Å². The minimum Gasteiger partial charge on any atom is -0.447 e. The second kappa shape index (κ2) is 70.7. The van der Waals surface area contributed by atoms with Crippen LogP contribution in [0.5, 0.6) is 0 Å². The molecule has 0 aromatic rings. The number of ether oxygens (including phenoxy) is 3. The highest BCUT2D eigenvalue weighted by Gasteiger charge is 2.18. The van der Waals surface area contributed by atoms with Crippen molar-refractivity contribution < 1.29 is 86.6 Å². The summed E-state index contributed by atoms with van der Waals surface area (Å²) < 4.78 is 15.2. The van der Waals surface area contributed by atoms with Crippen LogP contribution in [0.3, 0.4) is 0 Å². The van der Waals surface area contributed by atoms with Crippen LogP contribution in [0.25, 0.3) is 0 Å². The maximum Gasteiger partial charge on any atom is 0.409 e. The number of methoxy groups -OCH3 is 1. The first kappa shape index (κ1) is 91.0. The number of hydrogen-bond acceptors (Lipinski definition) is 22. The number of hydrogen-bond donors (Lipinski definition) is 13. The second-order valence-corrected chi connectivity index (χ2v) is 22.7.